The van der Waals surface area contributed by atoms with Crippen LogP contribution in [0.5, 0.6) is 0 Å². The summed E-state index contributed by atoms with van der Waals surface area (Å²) < 4.78 is 18.5. The molecule has 1 amide bonds. The molecule has 0 aromatic heterocycles. The first-order chi connectivity index (χ1) is 7.97. The Morgan fingerprint density at radius 2 is 2.24 bits per heavy atom. The number of amides is 1. The normalized spacial score (nSPS) is 12.3. The fourth-order valence-electron chi connectivity index (χ4n) is 1.42. The quantitative estimate of drug-likeness (QED) is 0.838. The Hall–Kier alpha value is -1.07. The Kier molecular flexibility index (Phi) is 4.96. The molecule has 0 saturated carbocycles. The number of nitrogens with zero attached hydrogens (tertiary/aromatic N) is 1. The molecule has 0 bridgehead atoms. The van der Waals surface area contributed by atoms with Crippen molar-refractivity contribution in [3.63, 3.8) is 0 Å². The summed E-state index contributed by atoms with van der Waals surface area (Å²) in [5.74, 6) is -0.910. The monoisotopic (exact) mass is 257 g/mol. The van der Waals surface area contributed by atoms with Crippen molar-refractivity contribution in [2.24, 2.45) is 0 Å². The molecule has 0 aliphatic carbocycles. The Labute approximate surface area is 106 Å². The van der Waals surface area contributed by atoms with Gasteiger partial charge in [-0.2, -0.15) is 0 Å². The van der Waals surface area contributed by atoms with Crippen LogP contribution in [0.2, 0.25) is 0 Å². The van der Waals surface area contributed by atoms with Gasteiger partial charge in [0.1, 0.15) is 5.82 Å². The van der Waals surface area contributed by atoms with Crippen molar-refractivity contribution in [1.29, 1.82) is 0 Å². The molecule has 1 aromatic rings. The molecule has 1 rings (SSSR count). The molecular formula is C12H16FNO2S. The SMILES string of the molecule is COCC(C)N(C)C(=O)c1cc(S)ccc1F. The van der Waals surface area contributed by atoms with Crippen LogP contribution in [0.25, 0.3) is 0 Å². The van der Waals surface area contributed by atoms with Crippen LogP contribution >= 0.6 is 12.6 Å². The maximum Gasteiger partial charge on any atom is 0.256 e. The Balaban J connectivity index is 2.92. The minimum Gasteiger partial charge on any atom is -0.383 e. The summed E-state index contributed by atoms with van der Waals surface area (Å²) in [5, 5.41) is 0. The van der Waals surface area contributed by atoms with Crippen molar-refractivity contribution in [2.45, 2.75) is 17.9 Å². The summed E-state index contributed by atoms with van der Waals surface area (Å²) in [6.45, 7) is 2.24. The van der Waals surface area contributed by atoms with Crippen LogP contribution in [0.3, 0.4) is 0 Å². The first-order valence-electron chi connectivity index (χ1n) is 5.22. The predicted octanol–water partition coefficient (Wildman–Crippen LogP) is 2.22. The number of ether oxygens (including phenoxy) is 1. The molecule has 0 N–H and O–H groups in total. The van der Waals surface area contributed by atoms with Gasteiger partial charge in [-0.15, -0.1) is 12.6 Å². The lowest BCUT2D eigenvalue weighted by atomic mass is 10.1. The van der Waals surface area contributed by atoms with E-state index in [0.717, 1.165) is 0 Å². The Morgan fingerprint density at radius 3 is 2.82 bits per heavy atom. The van der Waals surface area contributed by atoms with Gasteiger partial charge in [-0.3, -0.25) is 4.79 Å². The number of hydrogen-bond donors (Lipinski definition) is 1. The van der Waals surface area contributed by atoms with Crippen molar-refractivity contribution in [3.05, 3.63) is 29.6 Å². The fourth-order valence-corrected chi connectivity index (χ4v) is 1.62. The second kappa shape index (κ2) is 6.02. The van der Waals surface area contributed by atoms with Crippen molar-refractivity contribution >= 4 is 18.5 Å². The summed E-state index contributed by atoms with van der Waals surface area (Å²) in [6, 6.07) is 4.06. The molecule has 1 atom stereocenters. The van der Waals surface area contributed by atoms with Crippen molar-refractivity contribution in [2.75, 3.05) is 20.8 Å². The molecule has 17 heavy (non-hydrogen) atoms. The van der Waals surface area contributed by atoms with E-state index in [1.807, 2.05) is 6.92 Å². The van der Waals surface area contributed by atoms with Gasteiger partial charge in [-0.1, -0.05) is 0 Å². The van der Waals surface area contributed by atoms with Crippen molar-refractivity contribution in [1.82, 2.24) is 4.90 Å². The smallest absolute Gasteiger partial charge is 0.256 e. The summed E-state index contributed by atoms with van der Waals surface area (Å²) in [4.78, 5) is 14.0. The molecule has 1 unspecified atom stereocenters. The third-order valence-electron chi connectivity index (χ3n) is 2.57. The molecule has 94 valence electrons. The predicted molar refractivity (Wildman–Crippen MR) is 67.1 cm³/mol. The van der Waals surface area contributed by atoms with E-state index in [-0.39, 0.29) is 17.5 Å². The average molecular weight is 257 g/mol. The van der Waals surface area contributed by atoms with E-state index < -0.39 is 5.82 Å². The number of carbonyl (C=O) groups is 1. The number of likely N-dealkylation sites (N-methyl/N-ethyl adjacent to an activating group) is 1. The van der Waals surface area contributed by atoms with Gasteiger partial charge in [0.25, 0.3) is 5.91 Å². The van der Waals surface area contributed by atoms with Crippen LogP contribution in [-0.4, -0.2) is 37.6 Å². The number of halogens is 1. The Morgan fingerprint density at radius 1 is 1.59 bits per heavy atom. The highest BCUT2D eigenvalue weighted by Crippen LogP contribution is 2.16. The van der Waals surface area contributed by atoms with E-state index in [4.69, 9.17) is 4.74 Å². The molecule has 3 nitrogen and oxygen atoms in total. The zero-order chi connectivity index (χ0) is 13.0. The highest BCUT2D eigenvalue weighted by atomic mass is 32.1. The van der Waals surface area contributed by atoms with Crippen molar-refractivity contribution in [3.8, 4) is 0 Å². The van der Waals surface area contributed by atoms with Gasteiger partial charge in [0.15, 0.2) is 0 Å². The molecule has 5 heteroatoms. The molecule has 0 aliphatic rings. The maximum atomic E-state index is 13.5. The van der Waals surface area contributed by atoms with Gasteiger partial charge >= 0.3 is 0 Å². The lowest BCUT2D eigenvalue weighted by Crippen LogP contribution is -2.38. The first-order valence-corrected chi connectivity index (χ1v) is 5.66. The van der Waals surface area contributed by atoms with E-state index >= 15 is 0 Å². The second-order valence-corrected chi connectivity index (χ2v) is 4.40. The molecule has 0 radical (unpaired) electrons. The van der Waals surface area contributed by atoms with E-state index in [9.17, 15) is 9.18 Å². The Bertz CT molecular complexity index is 411. The van der Waals surface area contributed by atoms with Gasteiger partial charge in [0.2, 0.25) is 0 Å². The molecule has 0 saturated heterocycles. The number of benzene rings is 1. The third-order valence-corrected chi connectivity index (χ3v) is 2.85. The lowest BCUT2D eigenvalue weighted by Gasteiger charge is -2.24. The largest absolute Gasteiger partial charge is 0.383 e. The number of rotatable bonds is 4. The van der Waals surface area contributed by atoms with Crippen LogP contribution in [0.4, 0.5) is 4.39 Å². The van der Waals surface area contributed by atoms with Gasteiger partial charge in [-0.05, 0) is 25.1 Å². The second-order valence-electron chi connectivity index (χ2n) is 3.88. The maximum absolute atomic E-state index is 13.5. The van der Waals surface area contributed by atoms with E-state index in [1.54, 1.807) is 14.2 Å². The third kappa shape index (κ3) is 3.44. The van der Waals surface area contributed by atoms with Gasteiger partial charge < -0.3 is 9.64 Å². The molecule has 0 aliphatic heterocycles. The first kappa shape index (κ1) is 14.0. The standard InChI is InChI=1S/C12H16FNO2S/c1-8(7-16-3)14(2)12(15)10-6-9(17)4-5-11(10)13/h4-6,8,17H,7H2,1-3H3. The van der Waals surface area contributed by atoms with E-state index in [2.05, 4.69) is 12.6 Å². The van der Waals surface area contributed by atoms with Crippen LogP contribution in [0, 0.1) is 5.82 Å². The number of methoxy groups -OCH3 is 1. The topological polar surface area (TPSA) is 29.5 Å². The zero-order valence-corrected chi connectivity index (χ0v) is 11.0. The summed E-state index contributed by atoms with van der Waals surface area (Å²) in [5.41, 5.74) is 0.0305. The highest BCUT2D eigenvalue weighted by Gasteiger charge is 2.20. The molecule has 1 aromatic carbocycles. The van der Waals surface area contributed by atoms with Gasteiger partial charge in [0.05, 0.1) is 18.2 Å². The minimum atomic E-state index is -0.538. The molecule has 0 spiro atoms. The summed E-state index contributed by atoms with van der Waals surface area (Å²) in [7, 11) is 3.18. The highest BCUT2D eigenvalue weighted by molar-refractivity contribution is 7.80. The van der Waals surface area contributed by atoms with Crippen LogP contribution < -0.4 is 0 Å². The number of carbonyl (C=O) groups excluding carboxylic acids is 1. The molecular weight excluding hydrogens is 241 g/mol. The lowest BCUT2D eigenvalue weighted by molar-refractivity contribution is 0.0629. The zero-order valence-electron chi connectivity index (χ0n) is 10.1. The van der Waals surface area contributed by atoms with Crippen molar-refractivity contribution < 1.29 is 13.9 Å². The van der Waals surface area contributed by atoms with Crippen LogP contribution in [0.15, 0.2) is 23.1 Å². The van der Waals surface area contributed by atoms with Crippen LogP contribution in [0.1, 0.15) is 17.3 Å². The van der Waals surface area contributed by atoms with Gasteiger partial charge in [0, 0.05) is 19.1 Å². The minimum absolute atomic E-state index is 0.0305. The van der Waals surface area contributed by atoms with Gasteiger partial charge in [-0.25, -0.2) is 4.39 Å². The molecule has 0 heterocycles. The molecule has 0 fully saturated rings. The summed E-state index contributed by atoms with van der Waals surface area (Å²) >= 11 is 4.10. The van der Waals surface area contributed by atoms with Crippen LogP contribution in [-0.2, 0) is 4.74 Å². The number of hydrogen-bond acceptors (Lipinski definition) is 3. The summed E-state index contributed by atoms with van der Waals surface area (Å²) in [6.07, 6.45) is 0. The number of thiol groups is 1. The van der Waals surface area contributed by atoms with E-state index in [0.29, 0.717) is 11.5 Å². The fraction of sp³-hybridized carbons (Fsp3) is 0.417. The van der Waals surface area contributed by atoms with E-state index in [1.165, 1.54) is 23.1 Å². The average Bonchev–Trinajstić information content (AvgIpc) is 2.30.